The largest absolute Gasteiger partial charge is 0.480 e. The van der Waals surface area contributed by atoms with Gasteiger partial charge in [0.2, 0.25) is 5.90 Å². The lowest BCUT2D eigenvalue weighted by Gasteiger charge is -2.14. The minimum atomic E-state index is -4.94. The molecule has 0 bridgehead atoms. The van der Waals surface area contributed by atoms with E-state index in [1.807, 2.05) is 0 Å². The van der Waals surface area contributed by atoms with Crippen molar-refractivity contribution < 1.29 is 36.0 Å². The summed E-state index contributed by atoms with van der Waals surface area (Å²) < 4.78 is 75.8. The van der Waals surface area contributed by atoms with Crippen LogP contribution in [0.25, 0.3) is 0 Å². The molecule has 156 valence electrons. The molecule has 2 aromatic carbocycles. The Morgan fingerprint density at radius 2 is 1.83 bits per heavy atom. The van der Waals surface area contributed by atoms with Crippen LogP contribution in [-0.4, -0.2) is 31.9 Å². The van der Waals surface area contributed by atoms with Gasteiger partial charge in [0.25, 0.3) is 0 Å². The van der Waals surface area contributed by atoms with E-state index in [1.165, 1.54) is 12.1 Å². The molecule has 8 nitrogen and oxygen atoms in total. The Balaban J connectivity index is 2.41. The smallest absolute Gasteiger partial charge is 0.476 e. The first-order valence-electron chi connectivity index (χ1n) is 7.56. The van der Waals surface area contributed by atoms with Crippen LogP contribution in [-0.2, 0) is 20.9 Å². The predicted octanol–water partition coefficient (Wildman–Crippen LogP) is 3.83. The molecule has 1 atom stereocenters. The van der Waals surface area contributed by atoms with Gasteiger partial charge in [-0.15, -0.1) is 4.40 Å². The molecule has 0 fully saturated rings. The zero-order valence-corrected chi connectivity index (χ0v) is 16.9. The topological polar surface area (TPSA) is 108 Å². The standard InChI is InChI=1S/C16H12BrF3N2O6S/c1-27-14(10-5-3-2-4-6-10)21-29(25,26)15(22(23)24)28-13-8-7-11(9-12(13)17)16(18,19)20/h2-9,15H,1H3/b21-14-. The number of rotatable bonds is 6. The van der Waals surface area contributed by atoms with Crippen molar-refractivity contribution in [3.05, 3.63) is 74.2 Å². The Labute approximate surface area is 171 Å². The number of hydrogen-bond acceptors (Lipinski definition) is 6. The third-order valence-corrected chi connectivity index (χ3v) is 5.16. The molecule has 0 N–H and O–H groups in total. The van der Waals surface area contributed by atoms with Gasteiger partial charge in [0.05, 0.1) is 22.1 Å². The summed E-state index contributed by atoms with van der Waals surface area (Å²) in [5.74, 6) is -0.912. The summed E-state index contributed by atoms with van der Waals surface area (Å²) in [6.45, 7) is 0. The summed E-state index contributed by atoms with van der Waals surface area (Å²) >= 11 is 2.78. The molecule has 0 saturated heterocycles. The number of alkyl halides is 3. The van der Waals surface area contributed by atoms with Gasteiger partial charge in [-0.3, -0.25) is 10.1 Å². The van der Waals surface area contributed by atoms with Crippen molar-refractivity contribution >= 4 is 31.9 Å². The number of nitrogens with zero attached hydrogens (tertiary/aromatic N) is 2. The molecule has 0 aliphatic heterocycles. The SMILES string of the molecule is CO/C(=N\S(=O)(=O)C(Oc1ccc(C(F)(F)F)cc1Br)[N+](=O)[O-])c1ccccc1. The molecule has 2 aromatic rings. The number of methoxy groups -OCH3 is 1. The zero-order valence-electron chi connectivity index (χ0n) is 14.5. The van der Waals surface area contributed by atoms with Gasteiger partial charge in [0, 0.05) is 5.56 Å². The summed E-state index contributed by atoms with van der Waals surface area (Å²) in [4.78, 5) is 10.0. The van der Waals surface area contributed by atoms with E-state index >= 15 is 0 Å². The van der Waals surface area contributed by atoms with Gasteiger partial charge in [-0.05, 0) is 46.3 Å². The summed E-state index contributed by atoms with van der Waals surface area (Å²) in [6.07, 6.45) is -4.66. The van der Waals surface area contributed by atoms with Crippen molar-refractivity contribution in [2.45, 2.75) is 11.7 Å². The van der Waals surface area contributed by atoms with Crippen LogP contribution in [0.1, 0.15) is 11.1 Å². The minimum absolute atomic E-state index is 0.233. The first kappa shape index (κ1) is 22.6. The van der Waals surface area contributed by atoms with E-state index < -0.39 is 43.9 Å². The molecule has 0 aliphatic rings. The van der Waals surface area contributed by atoms with Crippen LogP contribution in [0.5, 0.6) is 5.75 Å². The summed E-state index contributed by atoms with van der Waals surface area (Å²) in [5.41, 5.74) is -3.54. The van der Waals surface area contributed by atoms with Gasteiger partial charge < -0.3 is 9.47 Å². The number of halogens is 4. The predicted molar refractivity (Wildman–Crippen MR) is 99.5 cm³/mol. The fourth-order valence-electron chi connectivity index (χ4n) is 2.04. The highest BCUT2D eigenvalue weighted by Gasteiger charge is 2.40. The third kappa shape index (κ3) is 5.67. The number of hydrogen-bond donors (Lipinski definition) is 0. The average molecular weight is 497 g/mol. The third-order valence-electron chi connectivity index (χ3n) is 3.34. The van der Waals surface area contributed by atoms with Crippen molar-refractivity contribution in [3.63, 3.8) is 0 Å². The molecule has 0 aliphatic carbocycles. The molecular formula is C16H12BrF3N2O6S. The van der Waals surface area contributed by atoms with Crippen molar-refractivity contribution in [2.75, 3.05) is 7.11 Å². The van der Waals surface area contributed by atoms with Crippen LogP contribution < -0.4 is 4.74 Å². The Bertz CT molecular complexity index is 1030. The Morgan fingerprint density at radius 1 is 1.21 bits per heavy atom. The molecule has 29 heavy (non-hydrogen) atoms. The van der Waals surface area contributed by atoms with Crippen LogP contribution in [0.3, 0.4) is 0 Å². The monoisotopic (exact) mass is 496 g/mol. The van der Waals surface area contributed by atoms with Crippen molar-refractivity contribution in [1.82, 2.24) is 0 Å². The number of sulfonamides is 1. The Morgan fingerprint density at radius 3 is 2.31 bits per heavy atom. The van der Waals surface area contributed by atoms with Gasteiger partial charge in [0.15, 0.2) is 0 Å². The number of nitro groups is 1. The van der Waals surface area contributed by atoms with Crippen molar-refractivity contribution in [1.29, 1.82) is 0 Å². The lowest BCUT2D eigenvalue weighted by Crippen LogP contribution is -2.35. The van der Waals surface area contributed by atoms with Gasteiger partial charge in [-0.1, -0.05) is 18.2 Å². The quantitative estimate of drug-likeness (QED) is 0.197. The molecule has 0 aromatic heterocycles. The van der Waals surface area contributed by atoms with E-state index in [0.29, 0.717) is 12.1 Å². The number of benzene rings is 2. The molecule has 0 spiro atoms. The lowest BCUT2D eigenvalue weighted by atomic mass is 10.2. The number of ether oxygens (including phenoxy) is 2. The maximum absolute atomic E-state index is 12.7. The van der Waals surface area contributed by atoms with Crippen LogP contribution in [0, 0.1) is 10.1 Å². The summed E-state index contributed by atoms with van der Waals surface area (Å²) in [6, 6.07) is 9.67. The fraction of sp³-hybridized carbons (Fsp3) is 0.188. The Hall–Kier alpha value is -2.67. The molecule has 0 heterocycles. The highest BCUT2D eigenvalue weighted by molar-refractivity contribution is 9.10. The van der Waals surface area contributed by atoms with E-state index in [-0.39, 0.29) is 10.0 Å². The second-order valence-corrected chi connectivity index (χ2v) is 7.80. The van der Waals surface area contributed by atoms with E-state index in [4.69, 9.17) is 9.47 Å². The fourth-order valence-corrected chi connectivity index (χ4v) is 3.46. The molecule has 2 rings (SSSR count). The van der Waals surface area contributed by atoms with Crippen molar-refractivity contribution in [3.8, 4) is 5.75 Å². The maximum atomic E-state index is 12.7. The van der Waals surface area contributed by atoms with Crippen LogP contribution in [0.4, 0.5) is 13.2 Å². The molecule has 1 unspecified atom stereocenters. The van der Waals surface area contributed by atoms with Gasteiger partial charge in [-0.2, -0.15) is 21.6 Å². The van der Waals surface area contributed by atoms with E-state index in [1.54, 1.807) is 18.2 Å². The lowest BCUT2D eigenvalue weighted by molar-refractivity contribution is -0.534. The molecule has 13 heteroatoms. The van der Waals surface area contributed by atoms with Crippen LogP contribution >= 0.6 is 15.9 Å². The van der Waals surface area contributed by atoms with Gasteiger partial charge in [-0.25, -0.2) is 0 Å². The zero-order chi connectivity index (χ0) is 21.8. The van der Waals surface area contributed by atoms with E-state index in [2.05, 4.69) is 20.3 Å². The van der Waals surface area contributed by atoms with E-state index in [9.17, 15) is 31.7 Å². The second kappa shape index (κ2) is 8.78. The van der Waals surface area contributed by atoms with Gasteiger partial charge >= 0.3 is 21.8 Å². The normalized spacial score (nSPS) is 13.6. The van der Waals surface area contributed by atoms with Crippen molar-refractivity contribution in [2.24, 2.45) is 4.40 Å². The molecule has 0 saturated carbocycles. The highest BCUT2D eigenvalue weighted by Crippen LogP contribution is 2.35. The molecular weight excluding hydrogens is 485 g/mol. The maximum Gasteiger partial charge on any atom is 0.476 e. The minimum Gasteiger partial charge on any atom is -0.480 e. The second-order valence-electron chi connectivity index (χ2n) is 5.33. The first-order chi connectivity index (χ1) is 13.5. The van der Waals surface area contributed by atoms with Crippen LogP contribution in [0.2, 0.25) is 0 Å². The Kier molecular flexibility index (Phi) is 6.85. The molecule has 0 amide bonds. The highest BCUT2D eigenvalue weighted by atomic mass is 79.9. The molecule has 0 radical (unpaired) electrons. The average Bonchev–Trinajstić information content (AvgIpc) is 2.64. The van der Waals surface area contributed by atoms with Crippen LogP contribution in [0.15, 0.2) is 57.4 Å². The van der Waals surface area contributed by atoms with E-state index in [0.717, 1.165) is 13.2 Å². The summed E-state index contributed by atoms with van der Waals surface area (Å²) in [5, 5.41) is 11.3. The van der Waals surface area contributed by atoms with Gasteiger partial charge in [0.1, 0.15) is 5.75 Å². The first-order valence-corrected chi connectivity index (χ1v) is 9.85. The summed E-state index contributed by atoms with van der Waals surface area (Å²) in [7, 11) is -3.82.